The van der Waals surface area contributed by atoms with E-state index in [1.54, 1.807) is 0 Å². The highest BCUT2D eigenvalue weighted by Crippen LogP contribution is 2.43. The molecule has 0 saturated carbocycles. The van der Waals surface area contributed by atoms with E-state index in [1.165, 1.54) is 10.8 Å². The van der Waals surface area contributed by atoms with Crippen LogP contribution < -0.4 is 0 Å². The molecule has 0 spiro atoms. The topological polar surface area (TPSA) is 42.9 Å². The summed E-state index contributed by atoms with van der Waals surface area (Å²) in [6.45, 7) is 8.49. The van der Waals surface area contributed by atoms with Gasteiger partial charge in [0.05, 0.1) is 62.7 Å². The van der Waals surface area contributed by atoms with Crippen molar-refractivity contribution in [3.63, 3.8) is 0 Å². The highest BCUT2D eigenvalue weighted by Gasteiger charge is 2.21. The fraction of sp³-hybridized carbons (Fsp3) is 0. The Hall–Kier alpha value is -7.86. The van der Waals surface area contributed by atoms with E-state index in [2.05, 4.69) is 182 Å². The van der Waals surface area contributed by atoms with E-state index >= 15 is 0 Å². The van der Waals surface area contributed by atoms with Crippen LogP contribution in [0.15, 0.2) is 176 Å². The van der Waals surface area contributed by atoms with E-state index in [9.17, 15) is 5.26 Å². The van der Waals surface area contributed by atoms with Gasteiger partial charge in [-0.2, -0.15) is 5.26 Å². The predicted molar refractivity (Wildman–Crippen MR) is 226 cm³/mol. The molecule has 11 rings (SSSR count). The van der Waals surface area contributed by atoms with Crippen molar-refractivity contribution in [2.75, 3.05) is 0 Å². The molecule has 0 N–H and O–H groups in total. The molecule has 0 aliphatic heterocycles. The van der Waals surface area contributed by atoms with E-state index < -0.39 is 0 Å². The molecule has 11 aromatic rings. The molecule has 0 fully saturated rings. The number of nitriles is 1. The van der Waals surface area contributed by atoms with Crippen LogP contribution >= 0.6 is 0 Å². The minimum absolute atomic E-state index is 0.587. The molecule has 0 radical (unpaired) electrons. The van der Waals surface area contributed by atoms with Crippen LogP contribution in [0.2, 0.25) is 0 Å². The second-order valence-corrected chi connectivity index (χ2v) is 13.9. The first kappa shape index (κ1) is 30.7. The average molecular weight is 700 g/mol. The number of hydrogen-bond acceptors (Lipinski definition) is 1. The van der Waals surface area contributed by atoms with Crippen LogP contribution in [0.3, 0.4) is 0 Å². The largest absolute Gasteiger partial charge is 0.310 e. The maximum Gasteiger partial charge on any atom is 0.197 e. The van der Waals surface area contributed by atoms with Crippen LogP contribution in [-0.4, -0.2) is 13.7 Å². The van der Waals surface area contributed by atoms with Gasteiger partial charge in [-0.3, -0.25) is 0 Å². The number of para-hydroxylation sites is 5. The lowest BCUT2D eigenvalue weighted by molar-refractivity contribution is 1.17. The van der Waals surface area contributed by atoms with Crippen LogP contribution in [-0.2, 0) is 0 Å². The zero-order valence-electron chi connectivity index (χ0n) is 29.5. The van der Waals surface area contributed by atoms with Gasteiger partial charge >= 0.3 is 0 Å². The van der Waals surface area contributed by atoms with E-state index in [1.807, 2.05) is 18.2 Å². The van der Waals surface area contributed by atoms with Crippen molar-refractivity contribution in [2.45, 2.75) is 0 Å². The molecule has 8 aromatic carbocycles. The number of hydrogen-bond donors (Lipinski definition) is 0. The molecule has 0 aliphatic carbocycles. The second-order valence-electron chi connectivity index (χ2n) is 13.9. The van der Waals surface area contributed by atoms with E-state index in [0.29, 0.717) is 11.3 Å². The Morgan fingerprint density at radius 3 is 1.62 bits per heavy atom. The van der Waals surface area contributed by atoms with Gasteiger partial charge in [-0.1, -0.05) is 103 Å². The normalized spacial score (nSPS) is 11.6. The lowest BCUT2D eigenvalue weighted by Gasteiger charge is -2.16. The minimum atomic E-state index is 0.587. The minimum Gasteiger partial charge on any atom is -0.310 e. The lowest BCUT2D eigenvalue weighted by atomic mass is 10.0. The third kappa shape index (κ3) is 4.39. The van der Waals surface area contributed by atoms with Crippen LogP contribution in [0.25, 0.3) is 98.5 Å². The van der Waals surface area contributed by atoms with Crippen LogP contribution in [0.1, 0.15) is 5.56 Å². The van der Waals surface area contributed by atoms with Crippen LogP contribution in [0.5, 0.6) is 0 Å². The number of benzene rings is 8. The van der Waals surface area contributed by atoms with Crippen molar-refractivity contribution in [3.8, 4) is 34.3 Å². The molecular formula is C50H29N5. The van der Waals surface area contributed by atoms with Crippen LogP contribution in [0, 0.1) is 17.9 Å². The molecule has 0 atom stereocenters. The SMILES string of the molecule is [C-]#[N+]c1cc(-n2c3ccccc3c3c(-n4c5ccccc5c5cc(C#N)ccc54)cccc32)ccc1-c1ccccc1-n1c2ccccc2c2ccccc21. The van der Waals surface area contributed by atoms with Gasteiger partial charge in [-0.25, -0.2) is 4.85 Å². The maximum atomic E-state index is 9.74. The number of rotatable bonds is 4. The monoisotopic (exact) mass is 699 g/mol. The number of nitrogens with zero attached hydrogens (tertiary/aromatic N) is 5. The second kappa shape index (κ2) is 11.8. The first-order valence-corrected chi connectivity index (χ1v) is 18.3. The summed E-state index contributed by atoms with van der Waals surface area (Å²) < 4.78 is 6.93. The Kier molecular flexibility index (Phi) is 6.61. The maximum absolute atomic E-state index is 9.74. The quantitative estimate of drug-likeness (QED) is 0.169. The highest BCUT2D eigenvalue weighted by molar-refractivity contribution is 6.17. The summed E-state index contributed by atoms with van der Waals surface area (Å²) in [6, 6.07) is 63.4. The third-order valence-electron chi connectivity index (χ3n) is 11.1. The molecule has 3 aromatic heterocycles. The average Bonchev–Trinajstić information content (AvgIpc) is 3.89. The zero-order valence-corrected chi connectivity index (χ0v) is 29.5. The fourth-order valence-corrected chi connectivity index (χ4v) is 8.82. The van der Waals surface area contributed by atoms with E-state index in [-0.39, 0.29) is 0 Å². The van der Waals surface area contributed by atoms with Crippen molar-refractivity contribution in [1.29, 1.82) is 5.26 Å². The van der Waals surface area contributed by atoms with Crippen molar-refractivity contribution < 1.29 is 0 Å². The highest BCUT2D eigenvalue weighted by atomic mass is 15.0. The molecule has 0 aliphatic rings. The van der Waals surface area contributed by atoms with Gasteiger partial charge < -0.3 is 13.7 Å². The van der Waals surface area contributed by atoms with Gasteiger partial charge in [0.1, 0.15) is 0 Å². The summed E-state index contributed by atoms with van der Waals surface area (Å²) in [6.07, 6.45) is 0. The summed E-state index contributed by atoms with van der Waals surface area (Å²) in [5, 5.41) is 16.5. The lowest BCUT2D eigenvalue weighted by Crippen LogP contribution is -1.98. The summed E-state index contributed by atoms with van der Waals surface area (Å²) >= 11 is 0. The molecule has 3 heterocycles. The summed E-state index contributed by atoms with van der Waals surface area (Å²) in [7, 11) is 0. The first-order valence-electron chi connectivity index (χ1n) is 18.3. The van der Waals surface area contributed by atoms with Crippen molar-refractivity contribution >= 4 is 71.1 Å². The van der Waals surface area contributed by atoms with Gasteiger partial charge in [0.25, 0.3) is 0 Å². The van der Waals surface area contributed by atoms with Gasteiger partial charge in [0, 0.05) is 38.0 Å². The summed E-state index contributed by atoms with van der Waals surface area (Å²) in [5.74, 6) is 0. The van der Waals surface area contributed by atoms with E-state index in [4.69, 9.17) is 6.57 Å². The van der Waals surface area contributed by atoms with Gasteiger partial charge in [0.2, 0.25) is 0 Å². The van der Waals surface area contributed by atoms with Gasteiger partial charge in [-0.05, 0) is 83.9 Å². The molecule has 0 amide bonds. The smallest absolute Gasteiger partial charge is 0.197 e. The Bertz CT molecular complexity index is 3420. The zero-order chi connectivity index (χ0) is 36.6. The Morgan fingerprint density at radius 2 is 0.945 bits per heavy atom. The molecule has 55 heavy (non-hydrogen) atoms. The van der Waals surface area contributed by atoms with Gasteiger partial charge in [0.15, 0.2) is 5.69 Å². The molecule has 5 heteroatoms. The Morgan fingerprint density at radius 1 is 0.418 bits per heavy atom. The Labute approximate surface area is 316 Å². The number of aromatic nitrogens is 3. The molecule has 0 unspecified atom stereocenters. The predicted octanol–water partition coefficient (Wildman–Crippen LogP) is 13.1. The first-order chi connectivity index (χ1) is 27.2. The third-order valence-corrected chi connectivity index (χ3v) is 11.1. The molecule has 5 nitrogen and oxygen atoms in total. The fourth-order valence-electron chi connectivity index (χ4n) is 8.82. The van der Waals surface area contributed by atoms with Crippen LogP contribution in [0.4, 0.5) is 5.69 Å². The standard InChI is InChI=1S/C50H29N5/c1-52-41-30-33(26-27-34(41)35-13-2-7-18-42(35)54-43-19-8-3-14-36(43)37-15-4-9-20-44(37)54)53-46-22-11-6-17-39(46)50-48(53)23-12-24-49(50)55-45-21-10-5-16-38(45)40-29-32(31-51)25-28-47(40)55/h2-30H. The van der Waals surface area contributed by atoms with Crippen molar-refractivity contribution in [3.05, 3.63) is 193 Å². The van der Waals surface area contributed by atoms with Crippen molar-refractivity contribution in [2.24, 2.45) is 0 Å². The van der Waals surface area contributed by atoms with E-state index in [0.717, 1.165) is 82.8 Å². The number of fused-ring (bicyclic) bond motifs is 9. The summed E-state index contributed by atoms with van der Waals surface area (Å²) in [5.41, 5.74) is 12.6. The molecule has 0 bridgehead atoms. The van der Waals surface area contributed by atoms with Crippen molar-refractivity contribution in [1.82, 2.24) is 13.7 Å². The molecule has 0 saturated heterocycles. The Balaban J connectivity index is 1.14. The van der Waals surface area contributed by atoms with Gasteiger partial charge in [-0.15, -0.1) is 0 Å². The summed E-state index contributed by atoms with van der Waals surface area (Å²) in [4.78, 5) is 4.17. The molecule has 254 valence electrons. The molecular weight excluding hydrogens is 671 g/mol.